The third-order valence-corrected chi connectivity index (χ3v) is 4.61. The van der Waals surface area contributed by atoms with Gasteiger partial charge < -0.3 is 10.7 Å². The average Bonchev–Trinajstić information content (AvgIpc) is 3.01. The minimum absolute atomic E-state index is 0.172. The van der Waals surface area contributed by atoms with Crippen LogP contribution in [-0.2, 0) is 0 Å². The third-order valence-electron chi connectivity index (χ3n) is 4.61. The molecule has 1 aliphatic carbocycles. The van der Waals surface area contributed by atoms with Crippen molar-refractivity contribution in [2.24, 2.45) is 11.7 Å². The number of aryl methyl sites for hydroxylation is 1. The average molecular weight is 260 g/mol. The Morgan fingerprint density at radius 3 is 2.79 bits per heavy atom. The summed E-state index contributed by atoms with van der Waals surface area (Å²) >= 11 is 0. The van der Waals surface area contributed by atoms with Gasteiger partial charge in [-0.15, -0.1) is 0 Å². The fourth-order valence-electron chi connectivity index (χ4n) is 3.72. The SMILES string of the molecule is Cc1[nH]c2c(F)cccc2c1C(CN)C1CCCC1. The number of nitrogens with two attached hydrogens (primary N) is 1. The molecule has 3 rings (SSSR count). The zero-order valence-electron chi connectivity index (χ0n) is 11.4. The lowest BCUT2D eigenvalue weighted by molar-refractivity contribution is 0.441. The van der Waals surface area contributed by atoms with Gasteiger partial charge in [0, 0.05) is 17.0 Å². The Morgan fingerprint density at radius 1 is 1.37 bits per heavy atom. The Morgan fingerprint density at radius 2 is 2.11 bits per heavy atom. The van der Waals surface area contributed by atoms with E-state index in [0.29, 0.717) is 23.9 Å². The van der Waals surface area contributed by atoms with Crippen LogP contribution in [0.3, 0.4) is 0 Å². The molecule has 0 radical (unpaired) electrons. The minimum atomic E-state index is -0.172. The van der Waals surface area contributed by atoms with Gasteiger partial charge in [0.1, 0.15) is 5.82 Å². The van der Waals surface area contributed by atoms with Crippen LogP contribution in [0.15, 0.2) is 18.2 Å². The summed E-state index contributed by atoms with van der Waals surface area (Å²) < 4.78 is 13.9. The van der Waals surface area contributed by atoms with Crippen molar-refractivity contribution >= 4 is 10.9 Å². The van der Waals surface area contributed by atoms with Crippen LogP contribution in [0.4, 0.5) is 4.39 Å². The number of halogens is 1. The van der Waals surface area contributed by atoms with Gasteiger partial charge in [0.25, 0.3) is 0 Å². The van der Waals surface area contributed by atoms with Gasteiger partial charge in [-0.3, -0.25) is 0 Å². The molecular formula is C16H21FN2. The molecule has 3 N–H and O–H groups in total. The maximum absolute atomic E-state index is 13.9. The van der Waals surface area contributed by atoms with Crippen LogP contribution in [0, 0.1) is 18.7 Å². The Balaban J connectivity index is 2.12. The lowest BCUT2D eigenvalue weighted by atomic mass is 9.83. The van der Waals surface area contributed by atoms with E-state index in [1.165, 1.54) is 37.3 Å². The fourth-order valence-corrected chi connectivity index (χ4v) is 3.72. The number of hydrogen-bond acceptors (Lipinski definition) is 1. The molecule has 1 aromatic heterocycles. The first-order valence-corrected chi connectivity index (χ1v) is 7.19. The number of nitrogens with one attached hydrogen (secondary N) is 1. The van der Waals surface area contributed by atoms with Crippen LogP contribution in [0.1, 0.15) is 42.9 Å². The lowest BCUT2D eigenvalue weighted by Crippen LogP contribution is -2.20. The van der Waals surface area contributed by atoms with E-state index in [1.54, 1.807) is 6.07 Å². The van der Waals surface area contributed by atoms with Crippen LogP contribution in [-0.4, -0.2) is 11.5 Å². The molecule has 1 atom stereocenters. The van der Waals surface area contributed by atoms with Gasteiger partial charge >= 0.3 is 0 Å². The second-order valence-corrected chi connectivity index (χ2v) is 5.71. The monoisotopic (exact) mass is 260 g/mol. The van der Waals surface area contributed by atoms with E-state index in [4.69, 9.17) is 5.73 Å². The zero-order chi connectivity index (χ0) is 13.4. The van der Waals surface area contributed by atoms with E-state index in [1.807, 2.05) is 13.0 Å². The van der Waals surface area contributed by atoms with E-state index in [0.717, 1.165) is 11.1 Å². The molecule has 1 unspecified atom stereocenters. The predicted molar refractivity (Wildman–Crippen MR) is 76.7 cm³/mol. The Labute approximate surface area is 113 Å². The number of hydrogen-bond donors (Lipinski definition) is 2. The van der Waals surface area contributed by atoms with Gasteiger partial charge in [-0.05, 0) is 43.9 Å². The molecule has 1 heterocycles. The Kier molecular flexibility index (Phi) is 3.31. The molecule has 0 amide bonds. The largest absolute Gasteiger partial charge is 0.356 e. The van der Waals surface area contributed by atoms with Gasteiger partial charge in [-0.25, -0.2) is 4.39 Å². The maximum atomic E-state index is 13.9. The molecule has 0 saturated heterocycles. The number of aromatic nitrogens is 1. The maximum Gasteiger partial charge on any atom is 0.147 e. The van der Waals surface area contributed by atoms with Gasteiger partial charge in [0.15, 0.2) is 0 Å². The van der Waals surface area contributed by atoms with Crippen molar-refractivity contribution in [1.82, 2.24) is 4.98 Å². The molecule has 1 aromatic carbocycles. The normalized spacial score (nSPS) is 18.3. The second-order valence-electron chi connectivity index (χ2n) is 5.71. The topological polar surface area (TPSA) is 41.8 Å². The zero-order valence-corrected chi connectivity index (χ0v) is 11.4. The highest BCUT2D eigenvalue weighted by Gasteiger charge is 2.28. The first kappa shape index (κ1) is 12.7. The molecule has 19 heavy (non-hydrogen) atoms. The Bertz CT molecular complexity index is 582. The summed E-state index contributed by atoms with van der Waals surface area (Å²) in [6.45, 7) is 2.68. The molecule has 0 spiro atoms. The van der Waals surface area contributed by atoms with Gasteiger partial charge in [0.2, 0.25) is 0 Å². The van der Waals surface area contributed by atoms with Crippen LogP contribution < -0.4 is 5.73 Å². The summed E-state index contributed by atoms with van der Waals surface area (Å²) in [7, 11) is 0. The van der Waals surface area contributed by atoms with E-state index in [2.05, 4.69) is 4.98 Å². The van der Waals surface area contributed by atoms with Crippen molar-refractivity contribution in [2.75, 3.05) is 6.54 Å². The number of aromatic amines is 1. The van der Waals surface area contributed by atoms with E-state index < -0.39 is 0 Å². The van der Waals surface area contributed by atoms with E-state index >= 15 is 0 Å². The third kappa shape index (κ3) is 2.06. The standard InChI is InChI=1S/C16H21FN2/c1-10-15(13(9-18)11-5-2-3-6-11)12-7-4-8-14(17)16(12)19-10/h4,7-8,11,13,19H,2-3,5-6,9,18H2,1H3. The highest BCUT2D eigenvalue weighted by molar-refractivity contribution is 5.85. The summed E-state index contributed by atoms with van der Waals surface area (Å²) in [5.41, 5.74) is 8.98. The molecule has 0 aliphatic heterocycles. The smallest absolute Gasteiger partial charge is 0.147 e. The molecule has 102 valence electrons. The summed E-state index contributed by atoms with van der Waals surface area (Å²) in [6, 6.07) is 5.31. The Hall–Kier alpha value is -1.35. The molecular weight excluding hydrogens is 239 g/mol. The van der Waals surface area contributed by atoms with Crippen molar-refractivity contribution in [3.8, 4) is 0 Å². The quantitative estimate of drug-likeness (QED) is 0.864. The van der Waals surface area contributed by atoms with Crippen molar-refractivity contribution in [2.45, 2.75) is 38.5 Å². The van der Waals surface area contributed by atoms with Crippen LogP contribution >= 0.6 is 0 Å². The van der Waals surface area contributed by atoms with Crippen LogP contribution in [0.5, 0.6) is 0 Å². The number of benzene rings is 1. The molecule has 1 saturated carbocycles. The first-order valence-electron chi connectivity index (χ1n) is 7.19. The van der Waals surface area contributed by atoms with E-state index in [-0.39, 0.29) is 5.82 Å². The summed E-state index contributed by atoms with van der Waals surface area (Å²) in [5, 5.41) is 1.01. The predicted octanol–water partition coefficient (Wildman–Crippen LogP) is 3.85. The van der Waals surface area contributed by atoms with Crippen LogP contribution in [0.2, 0.25) is 0 Å². The minimum Gasteiger partial charge on any atom is -0.356 e. The van der Waals surface area contributed by atoms with Crippen molar-refractivity contribution < 1.29 is 4.39 Å². The van der Waals surface area contributed by atoms with E-state index in [9.17, 15) is 4.39 Å². The summed E-state index contributed by atoms with van der Waals surface area (Å²) in [5.74, 6) is 0.845. The summed E-state index contributed by atoms with van der Waals surface area (Å²) in [4.78, 5) is 3.20. The number of H-pyrrole nitrogens is 1. The highest BCUT2D eigenvalue weighted by atomic mass is 19.1. The van der Waals surface area contributed by atoms with Crippen LogP contribution in [0.25, 0.3) is 10.9 Å². The molecule has 0 bridgehead atoms. The molecule has 2 aromatic rings. The number of rotatable bonds is 3. The van der Waals surface area contributed by atoms with Gasteiger partial charge in [-0.1, -0.05) is 25.0 Å². The second kappa shape index (κ2) is 4.97. The van der Waals surface area contributed by atoms with Crippen molar-refractivity contribution in [1.29, 1.82) is 0 Å². The summed E-state index contributed by atoms with van der Waals surface area (Å²) in [6.07, 6.45) is 5.11. The first-order chi connectivity index (χ1) is 9.22. The number of para-hydroxylation sites is 1. The molecule has 1 fully saturated rings. The van der Waals surface area contributed by atoms with Crippen molar-refractivity contribution in [3.05, 3.63) is 35.3 Å². The molecule has 1 aliphatic rings. The van der Waals surface area contributed by atoms with Gasteiger partial charge in [0.05, 0.1) is 5.52 Å². The fraction of sp³-hybridized carbons (Fsp3) is 0.500. The highest BCUT2D eigenvalue weighted by Crippen LogP contribution is 2.40. The lowest BCUT2D eigenvalue weighted by Gasteiger charge is -2.22. The van der Waals surface area contributed by atoms with Crippen molar-refractivity contribution in [3.63, 3.8) is 0 Å². The number of fused-ring (bicyclic) bond motifs is 1. The molecule has 3 heteroatoms. The molecule has 2 nitrogen and oxygen atoms in total. The van der Waals surface area contributed by atoms with Gasteiger partial charge in [-0.2, -0.15) is 0 Å².